The van der Waals surface area contributed by atoms with E-state index in [1.807, 2.05) is 17.2 Å². The van der Waals surface area contributed by atoms with Crippen LogP contribution in [0.1, 0.15) is 19.8 Å². The molecule has 0 aliphatic heterocycles. The van der Waals surface area contributed by atoms with Gasteiger partial charge in [-0.05, 0) is 26.0 Å². The molecule has 0 aromatic rings. The average Bonchev–Trinajstić information content (AvgIpc) is 2.10. The number of rotatable bonds is 6. The lowest BCUT2D eigenvalue weighted by Gasteiger charge is -2.12. The van der Waals surface area contributed by atoms with Crippen molar-refractivity contribution in [2.45, 2.75) is 19.8 Å². The van der Waals surface area contributed by atoms with Gasteiger partial charge in [-0.25, -0.2) is 0 Å². The lowest BCUT2D eigenvalue weighted by molar-refractivity contribution is 0.530. The highest BCUT2D eigenvalue weighted by Gasteiger charge is 1.92. The van der Waals surface area contributed by atoms with E-state index >= 15 is 0 Å². The maximum absolute atomic E-state index is 5.74. The normalized spacial score (nSPS) is 10.9. The molecule has 0 heterocycles. The second-order valence-electron chi connectivity index (χ2n) is 2.54. The first kappa shape index (κ1) is 10.8. The Morgan fingerprint density at radius 2 is 2.17 bits per heavy atom. The summed E-state index contributed by atoms with van der Waals surface area (Å²) in [6, 6.07) is 0. The molecule has 0 aromatic carbocycles. The van der Waals surface area contributed by atoms with Crippen LogP contribution in [0.4, 0.5) is 0 Å². The van der Waals surface area contributed by atoms with E-state index in [1.165, 1.54) is 0 Å². The standard InChI is InChI=1S/C10H18N2/c1-4-7-8-10(11)9-12(5-2)6-3/h4-5,9H,1-2,6-8,11H2,3H3/b10-9-. The fourth-order valence-electron chi connectivity index (χ4n) is 0.819. The molecular weight excluding hydrogens is 148 g/mol. The molecule has 0 saturated carbocycles. The monoisotopic (exact) mass is 166 g/mol. The van der Waals surface area contributed by atoms with Gasteiger partial charge >= 0.3 is 0 Å². The quantitative estimate of drug-likeness (QED) is 0.613. The maximum Gasteiger partial charge on any atom is 0.0248 e. The Morgan fingerprint density at radius 1 is 1.50 bits per heavy atom. The minimum Gasteiger partial charge on any atom is -0.401 e. The van der Waals surface area contributed by atoms with Crippen LogP contribution < -0.4 is 5.73 Å². The van der Waals surface area contributed by atoms with Gasteiger partial charge in [0.25, 0.3) is 0 Å². The summed E-state index contributed by atoms with van der Waals surface area (Å²) in [7, 11) is 0. The predicted molar refractivity (Wildman–Crippen MR) is 54.3 cm³/mol. The van der Waals surface area contributed by atoms with Gasteiger partial charge in [-0.3, -0.25) is 0 Å². The minimum absolute atomic E-state index is 0.869. The topological polar surface area (TPSA) is 29.3 Å². The highest BCUT2D eigenvalue weighted by molar-refractivity contribution is 4.99. The molecular formula is C10H18N2. The molecule has 0 radical (unpaired) electrons. The van der Waals surface area contributed by atoms with E-state index in [9.17, 15) is 0 Å². The fourth-order valence-corrected chi connectivity index (χ4v) is 0.819. The number of nitrogens with zero attached hydrogens (tertiary/aromatic N) is 1. The second-order valence-corrected chi connectivity index (χ2v) is 2.54. The van der Waals surface area contributed by atoms with Gasteiger partial charge in [-0.1, -0.05) is 12.7 Å². The number of hydrogen-bond acceptors (Lipinski definition) is 2. The summed E-state index contributed by atoms with van der Waals surface area (Å²) in [6.07, 6.45) is 7.34. The third-order valence-electron chi connectivity index (χ3n) is 1.57. The van der Waals surface area contributed by atoms with Crippen molar-refractivity contribution in [2.24, 2.45) is 5.73 Å². The lowest BCUT2D eigenvalue weighted by atomic mass is 10.2. The Kier molecular flexibility index (Phi) is 5.88. The van der Waals surface area contributed by atoms with Gasteiger partial charge in [0.05, 0.1) is 0 Å². The molecule has 0 bridgehead atoms. The number of nitrogens with two attached hydrogens (primary N) is 1. The Labute approximate surface area is 75.1 Å². The molecule has 0 spiro atoms. The molecule has 0 aliphatic carbocycles. The molecule has 0 atom stereocenters. The van der Waals surface area contributed by atoms with Gasteiger partial charge in [-0.2, -0.15) is 0 Å². The second kappa shape index (κ2) is 6.53. The van der Waals surface area contributed by atoms with Crippen LogP contribution in [0, 0.1) is 0 Å². The van der Waals surface area contributed by atoms with E-state index in [1.54, 1.807) is 6.20 Å². The van der Waals surface area contributed by atoms with Gasteiger partial charge in [0.2, 0.25) is 0 Å². The van der Waals surface area contributed by atoms with Crippen molar-refractivity contribution in [1.82, 2.24) is 4.90 Å². The van der Waals surface area contributed by atoms with Crippen LogP contribution in [0.2, 0.25) is 0 Å². The van der Waals surface area contributed by atoms with Crippen molar-refractivity contribution < 1.29 is 0 Å². The summed E-state index contributed by atoms with van der Waals surface area (Å²) in [5.41, 5.74) is 6.61. The third kappa shape index (κ3) is 4.61. The van der Waals surface area contributed by atoms with Crippen LogP contribution in [0.15, 0.2) is 37.3 Å². The summed E-state index contributed by atoms with van der Waals surface area (Å²) in [5, 5.41) is 0. The van der Waals surface area contributed by atoms with Crippen molar-refractivity contribution in [3.63, 3.8) is 0 Å². The van der Waals surface area contributed by atoms with Crippen LogP contribution in [0.3, 0.4) is 0 Å². The first-order valence-corrected chi connectivity index (χ1v) is 4.20. The SMILES string of the molecule is C=CCC/C(N)=C/N(C=C)CC. The molecule has 2 nitrogen and oxygen atoms in total. The van der Waals surface area contributed by atoms with Gasteiger partial charge in [-0.15, -0.1) is 6.58 Å². The summed E-state index contributed by atoms with van der Waals surface area (Å²) in [5.74, 6) is 0. The number of hydrogen-bond donors (Lipinski definition) is 1. The molecule has 0 unspecified atom stereocenters. The van der Waals surface area contributed by atoms with E-state index in [2.05, 4.69) is 20.1 Å². The van der Waals surface area contributed by atoms with Crippen LogP contribution in [0.25, 0.3) is 0 Å². The molecule has 2 heteroatoms. The van der Waals surface area contributed by atoms with Crippen LogP contribution >= 0.6 is 0 Å². The van der Waals surface area contributed by atoms with Gasteiger partial charge < -0.3 is 10.6 Å². The lowest BCUT2D eigenvalue weighted by Crippen LogP contribution is -2.11. The van der Waals surface area contributed by atoms with Crippen molar-refractivity contribution in [2.75, 3.05) is 6.54 Å². The summed E-state index contributed by atoms with van der Waals surface area (Å²) in [4.78, 5) is 1.96. The Hall–Kier alpha value is -1.18. The zero-order chi connectivity index (χ0) is 9.40. The highest BCUT2D eigenvalue weighted by atomic mass is 15.1. The smallest absolute Gasteiger partial charge is 0.0248 e. The molecule has 12 heavy (non-hydrogen) atoms. The van der Waals surface area contributed by atoms with Crippen molar-refractivity contribution in [3.05, 3.63) is 37.3 Å². The van der Waals surface area contributed by atoms with E-state index < -0.39 is 0 Å². The Bertz CT molecular complexity index is 171. The van der Waals surface area contributed by atoms with E-state index in [4.69, 9.17) is 5.73 Å². The van der Waals surface area contributed by atoms with E-state index in [0.717, 1.165) is 25.1 Å². The van der Waals surface area contributed by atoms with Crippen molar-refractivity contribution >= 4 is 0 Å². The minimum atomic E-state index is 0.869. The van der Waals surface area contributed by atoms with E-state index in [0.29, 0.717) is 0 Å². The molecule has 2 N–H and O–H groups in total. The van der Waals surface area contributed by atoms with E-state index in [-0.39, 0.29) is 0 Å². The van der Waals surface area contributed by atoms with Crippen LogP contribution in [-0.4, -0.2) is 11.4 Å². The largest absolute Gasteiger partial charge is 0.401 e. The maximum atomic E-state index is 5.74. The van der Waals surface area contributed by atoms with Crippen LogP contribution in [0.5, 0.6) is 0 Å². The molecule has 0 fully saturated rings. The van der Waals surface area contributed by atoms with Crippen molar-refractivity contribution in [3.8, 4) is 0 Å². The van der Waals surface area contributed by atoms with Gasteiger partial charge in [0.1, 0.15) is 0 Å². The van der Waals surface area contributed by atoms with Gasteiger partial charge in [0.15, 0.2) is 0 Å². The predicted octanol–water partition coefficient (Wildman–Crippen LogP) is 2.22. The summed E-state index contributed by atoms with van der Waals surface area (Å²) in [6.45, 7) is 10.3. The molecule has 0 rings (SSSR count). The molecule has 0 aliphatic rings. The molecule has 0 aromatic heterocycles. The average molecular weight is 166 g/mol. The van der Waals surface area contributed by atoms with Crippen LogP contribution in [-0.2, 0) is 0 Å². The Morgan fingerprint density at radius 3 is 2.58 bits per heavy atom. The van der Waals surface area contributed by atoms with Crippen molar-refractivity contribution in [1.29, 1.82) is 0 Å². The summed E-state index contributed by atoms with van der Waals surface area (Å²) < 4.78 is 0. The molecule has 0 saturated heterocycles. The fraction of sp³-hybridized carbons (Fsp3) is 0.400. The first-order valence-electron chi connectivity index (χ1n) is 4.20. The third-order valence-corrected chi connectivity index (χ3v) is 1.57. The molecule has 68 valence electrons. The Balaban J connectivity index is 3.93. The first-order chi connectivity index (χ1) is 5.74. The zero-order valence-electron chi connectivity index (χ0n) is 7.79. The summed E-state index contributed by atoms with van der Waals surface area (Å²) >= 11 is 0. The molecule has 0 amide bonds. The highest BCUT2D eigenvalue weighted by Crippen LogP contribution is 2.01. The van der Waals surface area contributed by atoms with Gasteiger partial charge in [0, 0.05) is 18.4 Å². The zero-order valence-corrected chi connectivity index (χ0v) is 7.79. The number of allylic oxidation sites excluding steroid dienone is 2.